The van der Waals surface area contributed by atoms with Crippen molar-refractivity contribution in [3.63, 3.8) is 0 Å². The molecule has 0 saturated carbocycles. The Morgan fingerprint density at radius 2 is 1.95 bits per heavy atom. The van der Waals surface area contributed by atoms with E-state index in [1.807, 2.05) is 6.07 Å². The number of rotatable bonds is 2. The summed E-state index contributed by atoms with van der Waals surface area (Å²) in [7, 11) is 0. The fourth-order valence-corrected chi connectivity index (χ4v) is 1.79. The highest BCUT2D eigenvalue weighted by Gasteiger charge is 2.14. The summed E-state index contributed by atoms with van der Waals surface area (Å²) >= 11 is 0. The Morgan fingerprint density at radius 3 is 2.79 bits per heavy atom. The van der Waals surface area contributed by atoms with Gasteiger partial charge in [-0.1, -0.05) is 0 Å². The van der Waals surface area contributed by atoms with Gasteiger partial charge in [-0.2, -0.15) is 5.26 Å². The minimum Gasteiger partial charge on any atom is -0.456 e. The van der Waals surface area contributed by atoms with E-state index in [0.29, 0.717) is 34.2 Å². The van der Waals surface area contributed by atoms with Crippen LogP contribution in [-0.4, -0.2) is 6.79 Å². The average Bonchev–Trinajstić information content (AvgIpc) is 2.88. The first-order chi connectivity index (χ1) is 9.26. The maximum Gasteiger partial charge on any atom is 0.231 e. The van der Waals surface area contributed by atoms with Crippen molar-refractivity contribution in [2.24, 2.45) is 0 Å². The molecule has 94 valence electrons. The van der Waals surface area contributed by atoms with Crippen molar-refractivity contribution in [3.8, 4) is 29.1 Å². The van der Waals surface area contributed by atoms with Gasteiger partial charge in [-0.3, -0.25) is 0 Å². The molecule has 5 nitrogen and oxygen atoms in total. The van der Waals surface area contributed by atoms with Gasteiger partial charge in [0.1, 0.15) is 17.6 Å². The van der Waals surface area contributed by atoms with Crippen LogP contribution in [-0.2, 0) is 0 Å². The number of nitrogen functional groups attached to an aromatic ring is 1. The highest BCUT2D eigenvalue weighted by atomic mass is 16.7. The van der Waals surface area contributed by atoms with E-state index in [1.54, 1.807) is 36.4 Å². The number of nitrogens with zero attached hydrogens (tertiary/aromatic N) is 1. The van der Waals surface area contributed by atoms with Crippen LogP contribution in [0.25, 0.3) is 0 Å². The lowest BCUT2D eigenvalue weighted by atomic mass is 10.2. The molecule has 0 spiro atoms. The van der Waals surface area contributed by atoms with E-state index in [-0.39, 0.29) is 6.79 Å². The molecule has 1 heterocycles. The summed E-state index contributed by atoms with van der Waals surface area (Å²) < 4.78 is 16.1. The molecule has 0 aromatic heterocycles. The maximum atomic E-state index is 9.05. The van der Waals surface area contributed by atoms with E-state index >= 15 is 0 Å². The Kier molecular flexibility index (Phi) is 2.62. The predicted molar refractivity (Wildman–Crippen MR) is 68.2 cm³/mol. The summed E-state index contributed by atoms with van der Waals surface area (Å²) in [6, 6.07) is 12.2. The zero-order valence-corrected chi connectivity index (χ0v) is 9.92. The van der Waals surface area contributed by atoms with Gasteiger partial charge < -0.3 is 19.9 Å². The lowest BCUT2D eigenvalue weighted by Gasteiger charge is -2.08. The van der Waals surface area contributed by atoms with Gasteiger partial charge in [0.05, 0.1) is 5.56 Å². The van der Waals surface area contributed by atoms with Gasteiger partial charge in [-0.05, 0) is 30.3 Å². The first kappa shape index (κ1) is 11.2. The lowest BCUT2D eigenvalue weighted by molar-refractivity contribution is 0.174. The number of nitriles is 1. The smallest absolute Gasteiger partial charge is 0.231 e. The number of fused-ring (bicyclic) bond motifs is 1. The second-order valence-corrected chi connectivity index (χ2v) is 3.98. The SMILES string of the molecule is N#Cc1cc(N)ccc1Oc1ccc2c(c1)OCO2. The van der Waals surface area contributed by atoms with E-state index < -0.39 is 0 Å². The van der Waals surface area contributed by atoms with Crippen molar-refractivity contribution < 1.29 is 14.2 Å². The summed E-state index contributed by atoms with van der Waals surface area (Å²) in [5.74, 6) is 2.35. The largest absolute Gasteiger partial charge is 0.456 e. The normalized spacial score (nSPS) is 11.9. The third kappa shape index (κ3) is 2.11. The summed E-state index contributed by atoms with van der Waals surface area (Å²) in [5.41, 5.74) is 6.54. The second-order valence-electron chi connectivity index (χ2n) is 3.98. The van der Waals surface area contributed by atoms with Crippen molar-refractivity contribution in [1.29, 1.82) is 5.26 Å². The molecule has 1 aliphatic heterocycles. The number of hydrogen-bond donors (Lipinski definition) is 1. The van der Waals surface area contributed by atoms with Gasteiger partial charge in [0.2, 0.25) is 6.79 Å². The molecule has 0 atom stereocenters. The van der Waals surface area contributed by atoms with E-state index in [2.05, 4.69) is 0 Å². The molecule has 2 aromatic rings. The number of ether oxygens (including phenoxy) is 3. The number of benzene rings is 2. The molecule has 3 rings (SSSR count). The van der Waals surface area contributed by atoms with Crippen LogP contribution < -0.4 is 19.9 Å². The summed E-state index contributed by atoms with van der Waals surface area (Å²) in [4.78, 5) is 0. The van der Waals surface area contributed by atoms with Gasteiger partial charge in [0.25, 0.3) is 0 Å². The second kappa shape index (κ2) is 4.42. The molecule has 0 saturated heterocycles. The zero-order chi connectivity index (χ0) is 13.2. The first-order valence-corrected chi connectivity index (χ1v) is 5.63. The highest BCUT2D eigenvalue weighted by molar-refractivity contribution is 5.55. The standard InChI is InChI=1S/C14H10N2O3/c15-7-9-5-10(16)1-3-12(9)19-11-2-4-13-14(6-11)18-8-17-13/h1-6H,8,16H2. The van der Waals surface area contributed by atoms with Crippen molar-refractivity contribution >= 4 is 5.69 Å². The third-order valence-electron chi connectivity index (χ3n) is 2.70. The highest BCUT2D eigenvalue weighted by Crippen LogP contribution is 2.37. The molecule has 2 aromatic carbocycles. The molecule has 0 aliphatic carbocycles. The quantitative estimate of drug-likeness (QED) is 0.833. The molecule has 0 amide bonds. The van der Waals surface area contributed by atoms with Crippen LogP contribution in [0.5, 0.6) is 23.0 Å². The molecule has 0 bridgehead atoms. The topological polar surface area (TPSA) is 77.5 Å². The predicted octanol–water partition coefficient (Wildman–Crippen LogP) is 2.66. The molecular formula is C14H10N2O3. The van der Waals surface area contributed by atoms with Crippen LogP contribution in [0.2, 0.25) is 0 Å². The molecular weight excluding hydrogens is 244 g/mol. The van der Waals surface area contributed by atoms with Crippen LogP contribution in [0.15, 0.2) is 36.4 Å². The van der Waals surface area contributed by atoms with Crippen LogP contribution in [0.1, 0.15) is 5.56 Å². The minimum absolute atomic E-state index is 0.212. The molecule has 0 fully saturated rings. The number of nitrogens with two attached hydrogens (primary N) is 1. The van der Waals surface area contributed by atoms with E-state index in [0.717, 1.165) is 0 Å². The van der Waals surface area contributed by atoms with Gasteiger partial charge in [-0.15, -0.1) is 0 Å². The third-order valence-corrected chi connectivity index (χ3v) is 2.70. The van der Waals surface area contributed by atoms with E-state index in [9.17, 15) is 0 Å². The number of anilines is 1. The minimum atomic E-state index is 0.212. The fraction of sp³-hybridized carbons (Fsp3) is 0.0714. The van der Waals surface area contributed by atoms with Crippen molar-refractivity contribution in [2.75, 3.05) is 12.5 Å². The fourth-order valence-electron chi connectivity index (χ4n) is 1.79. The van der Waals surface area contributed by atoms with Gasteiger partial charge in [0, 0.05) is 11.8 Å². The van der Waals surface area contributed by atoms with Crippen LogP contribution in [0.4, 0.5) is 5.69 Å². The van der Waals surface area contributed by atoms with E-state index in [1.165, 1.54) is 0 Å². The number of hydrogen-bond acceptors (Lipinski definition) is 5. The lowest BCUT2D eigenvalue weighted by Crippen LogP contribution is -1.93. The zero-order valence-electron chi connectivity index (χ0n) is 9.92. The Bertz CT molecular complexity index is 677. The first-order valence-electron chi connectivity index (χ1n) is 5.63. The summed E-state index contributed by atoms with van der Waals surface area (Å²) in [5, 5.41) is 9.05. The van der Waals surface area contributed by atoms with Crippen molar-refractivity contribution in [3.05, 3.63) is 42.0 Å². The molecule has 19 heavy (non-hydrogen) atoms. The Morgan fingerprint density at radius 1 is 1.11 bits per heavy atom. The molecule has 2 N–H and O–H groups in total. The molecule has 0 radical (unpaired) electrons. The van der Waals surface area contributed by atoms with Crippen molar-refractivity contribution in [1.82, 2.24) is 0 Å². The van der Waals surface area contributed by atoms with Crippen LogP contribution in [0, 0.1) is 11.3 Å². The van der Waals surface area contributed by atoms with Gasteiger partial charge in [0.15, 0.2) is 11.5 Å². The Labute approximate surface area is 109 Å². The maximum absolute atomic E-state index is 9.05. The average molecular weight is 254 g/mol. The van der Waals surface area contributed by atoms with Gasteiger partial charge in [-0.25, -0.2) is 0 Å². The summed E-state index contributed by atoms with van der Waals surface area (Å²) in [6.07, 6.45) is 0. The molecule has 0 unspecified atom stereocenters. The Balaban J connectivity index is 1.92. The monoisotopic (exact) mass is 254 g/mol. The van der Waals surface area contributed by atoms with E-state index in [4.69, 9.17) is 25.2 Å². The Hall–Kier alpha value is -2.87. The summed E-state index contributed by atoms with van der Waals surface area (Å²) in [6.45, 7) is 0.212. The van der Waals surface area contributed by atoms with Crippen LogP contribution >= 0.6 is 0 Å². The van der Waals surface area contributed by atoms with Crippen LogP contribution in [0.3, 0.4) is 0 Å². The molecule has 1 aliphatic rings. The van der Waals surface area contributed by atoms with Crippen molar-refractivity contribution in [2.45, 2.75) is 0 Å². The molecule has 5 heteroatoms. The van der Waals surface area contributed by atoms with Gasteiger partial charge >= 0.3 is 0 Å².